The lowest BCUT2D eigenvalue weighted by molar-refractivity contribution is 0.210. The van der Waals surface area contributed by atoms with Gasteiger partial charge < -0.3 is 19.9 Å². The van der Waals surface area contributed by atoms with Gasteiger partial charge in [-0.2, -0.15) is 0 Å². The summed E-state index contributed by atoms with van der Waals surface area (Å²) in [6.07, 6.45) is 0. The summed E-state index contributed by atoms with van der Waals surface area (Å²) in [7, 11) is 0. The van der Waals surface area contributed by atoms with Crippen molar-refractivity contribution < 1.29 is 19.0 Å². The minimum absolute atomic E-state index is 0.0967. The van der Waals surface area contributed by atoms with Gasteiger partial charge in [0.05, 0.1) is 6.61 Å². The number of rotatable bonds is 9. The van der Waals surface area contributed by atoms with Gasteiger partial charge in [-0.05, 0) is 18.2 Å². The third kappa shape index (κ3) is 5.02. The fourth-order valence-electron chi connectivity index (χ4n) is 1.96. The third-order valence-corrected chi connectivity index (χ3v) is 3.01. The first-order valence-corrected chi connectivity index (χ1v) is 7.21. The van der Waals surface area contributed by atoms with Crippen molar-refractivity contribution in [3.05, 3.63) is 59.9 Å². The van der Waals surface area contributed by atoms with E-state index in [9.17, 15) is 4.39 Å². The summed E-state index contributed by atoms with van der Waals surface area (Å²) in [6, 6.07) is 13.9. The van der Waals surface area contributed by atoms with Crippen molar-refractivity contribution >= 4 is 0 Å². The highest BCUT2D eigenvalue weighted by atomic mass is 19.1. The molecule has 0 radical (unpaired) electrons. The topological polar surface area (TPSA) is 50.7 Å². The van der Waals surface area contributed by atoms with Crippen LogP contribution in [0.5, 0.6) is 11.5 Å². The second-order valence-corrected chi connectivity index (χ2v) is 4.64. The average molecular weight is 305 g/mol. The van der Waals surface area contributed by atoms with Crippen LogP contribution in [-0.2, 0) is 6.54 Å². The van der Waals surface area contributed by atoms with Crippen LogP contribution in [0.25, 0.3) is 0 Å². The number of benzene rings is 2. The molecule has 0 heterocycles. The lowest BCUT2D eigenvalue weighted by atomic mass is 10.2. The van der Waals surface area contributed by atoms with Crippen molar-refractivity contribution in [3.8, 4) is 11.5 Å². The fourth-order valence-corrected chi connectivity index (χ4v) is 1.96. The van der Waals surface area contributed by atoms with Gasteiger partial charge in [-0.15, -0.1) is 0 Å². The number of aliphatic hydroxyl groups excluding tert-OH is 1. The minimum Gasteiger partial charge on any atom is -0.490 e. The first-order chi connectivity index (χ1) is 10.8. The average Bonchev–Trinajstić information content (AvgIpc) is 2.54. The molecular weight excluding hydrogens is 285 g/mol. The molecule has 22 heavy (non-hydrogen) atoms. The quantitative estimate of drug-likeness (QED) is 0.698. The summed E-state index contributed by atoms with van der Waals surface area (Å²) in [4.78, 5) is 0. The Balaban J connectivity index is 1.80. The van der Waals surface area contributed by atoms with Crippen molar-refractivity contribution in [2.75, 3.05) is 26.4 Å². The molecule has 0 saturated carbocycles. The molecule has 0 bridgehead atoms. The molecule has 0 amide bonds. The van der Waals surface area contributed by atoms with Gasteiger partial charge in [0.25, 0.3) is 0 Å². The summed E-state index contributed by atoms with van der Waals surface area (Å²) < 4.78 is 24.4. The number of ether oxygens (including phenoxy) is 2. The number of nitrogens with one attached hydrogen (secondary N) is 1. The van der Waals surface area contributed by atoms with Crippen LogP contribution in [0.15, 0.2) is 48.5 Å². The van der Waals surface area contributed by atoms with Crippen LogP contribution >= 0.6 is 0 Å². The van der Waals surface area contributed by atoms with Crippen LogP contribution in [0.4, 0.5) is 4.39 Å². The van der Waals surface area contributed by atoms with Crippen LogP contribution in [0.3, 0.4) is 0 Å². The number of hydrogen-bond donors (Lipinski definition) is 2. The van der Waals surface area contributed by atoms with Gasteiger partial charge in [-0.3, -0.25) is 0 Å². The van der Waals surface area contributed by atoms with Crippen LogP contribution in [-0.4, -0.2) is 31.5 Å². The molecule has 2 N–H and O–H groups in total. The maximum atomic E-state index is 13.4. The van der Waals surface area contributed by atoms with Gasteiger partial charge in [0.2, 0.25) is 0 Å². The highest BCUT2D eigenvalue weighted by Gasteiger charge is 2.04. The van der Waals surface area contributed by atoms with E-state index in [0.717, 1.165) is 11.3 Å². The van der Waals surface area contributed by atoms with E-state index in [1.165, 1.54) is 6.07 Å². The second kappa shape index (κ2) is 9.02. The predicted molar refractivity (Wildman–Crippen MR) is 82.6 cm³/mol. The molecule has 0 aliphatic rings. The van der Waals surface area contributed by atoms with Crippen molar-refractivity contribution in [1.82, 2.24) is 5.32 Å². The zero-order valence-corrected chi connectivity index (χ0v) is 12.3. The lowest BCUT2D eigenvalue weighted by Crippen LogP contribution is -2.18. The Kier molecular flexibility index (Phi) is 6.67. The van der Waals surface area contributed by atoms with Gasteiger partial charge in [0.1, 0.15) is 19.0 Å². The lowest BCUT2D eigenvalue weighted by Gasteiger charge is -2.12. The highest BCUT2D eigenvalue weighted by molar-refractivity contribution is 5.33. The van der Waals surface area contributed by atoms with Crippen molar-refractivity contribution in [3.63, 3.8) is 0 Å². The molecule has 4 nitrogen and oxygen atoms in total. The summed E-state index contributed by atoms with van der Waals surface area (Å²) in [5.41, 5.74) is 1.00. The predicted octanol–water partition coefficient (Wildman–Crippen LogP) is 2.37. The van der Waals surface area contributed by atoms with Crippen LogP contribution in [0.1, 0.15) is 5.56 Å². The van der Waals surface area contributed by atoms with Gasteiger partial charge in [-0.1, -0.05) is 30.3 Å². The van der Waals surface area contributed by atoms with Crippen molar-refractivity contribution in [2.24, 2.45) is 0 Å². The molecule has 0 aromatic heterocycles. The summed E-state index contributed by atoms with van der Waals surface area (Å²) in [5, 5.41) is 11.9. The molecule has 0 saturated heterocycles. The van der Waals surface area contributed by atoms with E-state index in [1.54, 1.807) is 18.2 Å². The molecule has 0 fully saturated rings. The molecule has 2 aromatic carbocycles. The Morgan fingerprint density at radius 1 is 0.909 bits per heavy atom. The Labute approximate surface area is 129 Å². The summed E-state index contributed by atoms with van der Waals surface area (Å²) in [5.74, 6) is 0.602. The molecule has 0 atom stereocenters. The maximum absolute atomic E-state index is 13.4. The Morgan fingerprint density at radius 3 is 2.27 bits per heavy atom. The third-order valence-electron chi connectivity index (χ3n) is 3.01. The second-order valence-electron chi connectivity index (χ2n) is 4.64. The number of aliphatic hydroxyl groups is 1. The SMILES string of the molecule is OCCNCc1ccccc1OCCOc1ccccc1F. The van der Waals surface area contributed by atoms with Crippen molar-refractivity contribution in [2.45, 2.75) is 6.54 Å². The first-order valence-electron chi connectivity index (χ1n) is 7.21. The number of para-hydroxylation sites is 2. The molecule has 118 valence electrons. The zero-order chi connectivity index (χ0) is 15.6. The Bertz CT molecular complexity index is 577. The Hall–Kier alpha value is -2.11. The maximum Gasteiger partial charge on any atom is 0.165 e. The van der Waals surface area contributed by atoms with E-state index in [-0.39, 0.29) is 24.8 Å². The van der Waals surface area contributed by atoms with Gasteiger partial charge >= 0.3 is 0 Å². The van der Waals surface area contributed by atoms with Crippen LogP contribution < -0.4 is 14.8 Å². The largest absolute Gasteiger partial charge is 0.490 e. The molecular formula is C17H20FNO3. The van der Waals surface area contributed by atoms with E-state index in [0.29, 0.717) is 19.7 Å². The highest BCUT2D eigenvalue weighted by Crippen LogP contribution is 2.18. The smallest absolute Gasteiger partial charge is 0.165 e. The van der Waals surface area contributed by atoms with Gasteiger partial charge in [0, 0.05) is 18.7 Å². The number of halogens is 1. The van der Waals surface area contributed by atoms with E-state index >= 15 is 0 Å². The monoisotopic (exact) mass is 305 g/mol. The zero-order valence-electron chi connectivity index (χ0n) is 12.3. The normalized spacial score (nSPS) is 10.5. The van der Waals surface area contributed by atoms with E-state index in [4.69, 9.17) is 14.6 Å². The van der Waals surface area contributed by atoms with Crippen LogP contribution in [0.2, 0.25) is 0 Å². The minimum atomic E-state index is -0.379. The van der Waals surface area contributed by atoms with Gasteiger partial charge in [0.15, 0.2) is 11.6 Å². The standard InChI is InChI=1S/C17H20FNO3/c18-15-6-2-4-8-17(15)22-12-11-21-16-7-3-1-5-14(16)13-19-9-10-20/h1-8,19-20H,9-13H2. The summed E-state index contributed by atoms with van der Waals surface area (Å²) >= 11 is 0. The first kappa shape index (κ1) is 16.3. The molecule has 0 unspecified atom stereocenters. The summed E-state index contributed by atoms with van der Waals surface area (Å²) in [6.45, 7) is 1.83. The van der Waals surface area contributed by atoms with E-state index < -0.39 is 0 Å². The molecule has 2 aromatic rings. The molecule has 2 rings (SSSR count). The number of hydrogen-bond acceptors (Lipinski definition) is 4. The van der Waals surface area contributed by atoms with Crippen molar-refractivity contribution in [1.29, 1.82) is 0 Å². The molecule has 0 spiro atoms. The molecule has 5 heteroatoms. The Morgan fingerprint density at radius 2 is 1.55 bits per heavy atom. The molecule has 0 aliphatic carbocycles. The fraction of sp³-hybridized carbons (Fsp3) is 0.294. The van der Waals surface area contributed by atoms with E-state index in [2.05, 4.69) is 5.32 Å². The van der Waals surface area contributed by atoms with Gasteiger partial charge in [-0.25, -0.2) is 4.39 Å². The van der Waals surface area contributed by atoms with E-state index in [1.807, 2.05) is 24.3 Å². The molecule has 0 aliphatic heterocycles. The van der Waals surface area contributed by atoms with Crippen LogP contribution in [0, 0.1) is 5.82 Å².